The molecule has 1 unspecified atom stereocenters. The number of hydrogen-bond acceptors (Lipinski definition) is 3. The molecule has 1 aliphatic heterocycles. The molecule has 1 atom stereocenters. The molecule has 0 aliphatic carbocycles. The van der Waals surface area contributed by atoms with Gasteiger partial charge in [-0.25, -0.2) is 4.39 Å². The van der Waals surface area contributed by atoms with E-state index in [9.17, 15) is 9.18 Å². The van der Waals surface area contributed by atoms with E-state index in [2.05, 4.69) is 4.90 Å². The number of morpholine rings is 1. The van der Waals surface area contributed by atoms with Crippen LogP contribution in [0.25, 0.3) is 0 Å². The van der Waals surface area contributed by atoms with Crippen LogP contribution in [0.5, 0.6) is 0 Å². The molecular weight excluding hydrogens is 245 g/mol. The Morgan fingerprint density at radius 1 is 1.47 bits per heavy atom. The van der Waals surface area contributed by atoms with Crippen molar-refractivity contribution in [2.24, 2.45) is 0 Å². The van der Waals surface area contributed by atoms with Crippen LogP contribution >= 0.6 is 0 Å². The summed E-state index contributed by atoms with van der Waals surface area (Å²) in [5, 5.41) is 0. The number of nitrogens with zero attached hydrogens (tertiary/aromatic N) is 1. The van der Waals surface area contributed by atoms with Crippen LogP contribution in [0.2, 0.25) is 0 Å². The average molecular weight is 265 g/mol. The minimum atomic E-state index is -0.551. The van der Waals surface area contributed by atoms with Gasteiger partial charge in [0.05, 0.1) is 12.2 Å². The molecule has 0 spiro atoms. The van der Waals surface area contributed by atoms with Gasteiger partial charge >= 0.3 is 0 Å². The van der Waals surface area contributed by atoms with Crippen LogP contribution in [0.4, 0.5) is 4.39 Å². The van der Waals surface area contributed by atoms with E-state index in [1.54, 1.807) is 6.92 Å². The van der Waals surface area contributed by atoms with E-state index >= 15 is 0 Å². The Labute approximate surface area is 113 Å². The van der Waals surface area contributed by atoms with E-state index in [0.29, 0.717) is 18.7 Å². The summed E-state index contributed by atoms with van der Waals surface area (Å²) < 4.78 is 19.5. The van der Waals surface area contributed by atoms with Crippen molar-refractivity contribution < 1.29 is 13.9 Å². The average Bonchev–Trinajstić information content (AvgIpc) is 2.37. The molecule has 1 aromatic rings. The molecule has 1 heterocycles. The monoisotopic (exact) mass is 265 g/mol. The van der Waals surface area contributed by atoms with Gasteiger partial charge in [0.25, 0.3) is 0 Å². The summed E-state index contributed by atoms with van der Waals surface area (Å²) in [5.74, 6) is -0.687. The quantitative estimate of drug-likeness (QED) is 0.786. The van der Waals surface area contributed by atoms with Crippen LogP contribution in [0.15, 0.2) is 12.1 Å². The molecule has 1 saturated heterocycles. The number of carbonyl (C=O) groups is 1. The zero-order valence-corrected chi connectivity index (χ0v) is 11.7. The van der Waals surface area contributed by atoms with Gasteiger partial charge in [0.1, 0.15) is 11.9 Å². The first-order chi connectivity index (χ1) is 9.02. The van der Waals surface area contributed by atoms with E-state index in [0.717, 1.165) is 18.7 Å². The molecule has 104 valence electrons. The Morgan fingerprint density at radius 2 is 2.21 bits per heavy atom. The minimum Gasteiger partial charge on any atom is -0.367 e. The summed E-state index contributed by atoms with van der Waals surface area (Å²) in [6.45, 7) is 8.41. The van der Waals surface area contributed by atoms with Crippen molar-refractivity contribution in [3.05, 3.63) is 34.6 Å². The highest BCUT2D eigenvalue weighted by atomic mass is 19.1. The number of benzene rings is 1. The maximum Gasteiger partial charge on any atom is 0.196 e. The lowest BCUT2D eigenvalue weighted by molar-refractivity contribution is -0.0150. The maximum absolute atomic E-state index is 14.0. The van der Waals surface area contributed by atoms with Crippen molar-refractivity contribution in [1.82, 2.24) is 4.90 Å². The largest absolute Gasteiger partial charge is 0.367 e. The summed E-state index contributed by atoms with van der Waals surface area (Å²) in [6.07, 6.45) is -0.551. The first-order valence-electron chi connectivity index (χ1n) is 6.67. The summed E-state index contributed by atoms with van der Waals surface area (Å²) in [4.78, 5) is 14.6. The molecule has 1 aliphatic rings. The molecule has 4 heteroatoms. The molecule has 1 fully saturated rings. The summed E-state index contributed by atoms with van der Waals surface area (Å²) >= 11 is 0. The van der Waals surface area contributed by atoms with E-state index in [4.69, 9.17) is 4.74 Å². The number of ketones is 1. The van der Waals surface area contributed by atoms with Crippen LogP contribution in [-0.4, -0.2) is 43.0 Å². The fourth-order valence-corrected chi connectivity index (χ4v) is 2.54. The van der Waals surface area contributed by atoms with Gasteiger partial charge in [-0.15, -0.1) is 0 Å². The van der Waals surface area contributed by atoms with Crippen molar-refractivity contribution >= 4 is 5.78 Å². The number of halogens is 1. The van der Waals surface area contributed by atoms with Gasteiger partial charge in [0.15, 0.2) is 5.78 Å². The van der Waals surface area contributed by atoms with Gasteiger partial charge in [0.2, 0.25) is 0 Å². The number of aryl methyl sites for hydroxylation is 2. The molecular formula is C15H20FNO2. The number of likely N-dealkylation sites (N-methyl/N-ethyl adjacent to an activating group) is 1. The van der Waals surface area contributed by atoms with E-state index < -0.39 is 11.9 Å². The predicted molar refractivity (Wildman–Crippen MR) is 72.1 cm³/mol. The first kappa shape index (κ1) is 14.2. The fraction of sp³-hybridized carbons (Fsp3) is 0.533. The molecule has 0 bridgehead atoms. The fourth-order valence-electron chi connectivity index (χ4n) is 2.54. The van der Waals surface area contributed by atoms with Gasteiger partial charge in [-0.1, -0.05) is 13.0 Å². The first-order valence-corrected chi connectivity index (χ1v) is 6.67. The zero-order valence-electron chi connectivity index (χ0n) is 11.7. The smallest absolute Gasteiger partial charge is 0.196 e. The highest BCUT2D eigenvalue weighted by molar-refractivity contribution is 6.01. The van der Waals surface area contributed by atoms with Gasteiger partial charge in [0, 0.05) is 13.1 Å². The zero-order chi connectivity index (χ0) is 14.0. The Hall–Kier alpha value is -1.26. The van der Waals surface area contributed by atoms with Crippen molar-refractivity contribution in [2.75, 3.05) is 26.2 Å². The third-order valence-corrected chi connectivity index (χ3v) is 3.57. The van der Waals surface area contributed by atoms with E-state index in [1.807, 2.05) is 19.9 Å². The van der Waals surface area contributed by atoms with Gasteiger partial charge in [-0.05, 0) is 37.6 Å². The molecule has 0 aromatic heterocycles. The Bertz CT molecular complexity index is 464. The van der Waals surface area contributed by atoms with E-state index in [-0.39, 0.29) is 11.3 Å². The van der Waals surface area contributed by atoms with Crippen molar-refractivity contribution in [3.8, 4) is 0 Å². The molecule has 19 heavy (non-hydrogen) atoms. The molecule has 3 nitrogen and oxygen atoms in total. The maximum atomic E-state index is 14.0. The number of rotatable bonds is 3. The second-order valence-electron chi connectivity index (χ2n) is 5.06. The summed E-state index contributed by atoms with van der Waals surface area (Å²) in [5.41, 5.74) is 1.68. The molecule has 0 N–H and O–H groups in total. The minimum absolute atomic E-state index is 0.175. The van der Waals surface area contributed by atoms with Gasteiger partial charge in [-0.2, -0.15) is 0 Å². The van der Waals surface area contributed by atoms with Crippen LogP contribution in [-0.2, 0) is 4.74 Å². The van der Waals surface area contributed by atoms with Crippen LogP contribution in [0, 0.1) is 19.7 Å². The number of Topliss-reactive ketones (excluding diaryl/α,β-unsaturated/α-hetero) is 1. The topological polar surface area (TPSA) is 29.5 Å². The molecule has 2 rings (SSSR count). The highest BCUT2D eigenvalue weighted by Crippen LogP contribution is 2.20. The van der Waals surface area contributed by atoms with Crippen molar-refractivity contribution in [1.29, 1.82) is 0 Å². The number of hydrogen-bond donors (Lipinski definition) is 0. The van der Waals surface area contributed by atoms with Gasteiger partial charge in [-0.3, -0.25) is 9.69 Å². The molecule has 0 saturated carbocycles. The summed E-state index contributed by atoms with van der Waals surface area (Å²) in [6, 6.07) is 3.23. The van der Waals surface area contributed by atoms with Crippen molar-refractivity contribution in [2.45, 2.75) is 26.9 Å². The lowest BCUT2D eigenvalue weighted by Gasteiger charge is -2.31. The van der Waals surface area contributed by atoms with Crippen LogP contribution in [0.1, 0.15) is 28.4 Å². The van der Waals surface area contributed by atoms with Gasteiger partial charge < -0.3 is 4.74 Å². The Balaban J connectivity index is 2.24. The van der Waals surface area contributed by atoms with Crippen LogP contribution in [0.3, 0.4) is 0 Å². The lowest BCUT2D eigenvalue weighted by Crippen LogP contribution is -2.46. The molecule has 0 amide bonds. The highest BCUT2D eigenvalue weighted by Gasteiger charge is 2.29. The summed E-state index contributed by atoms with van der Waals surface area (Å²) in [7, 11) is 0. The number of carbonyl (C=O) groups excluding carboxylic acids is 1. The lowest BCUT2D eigenvalue weighted by atomic mass is 9.97. The van der Waals surface area contributed by atoms with Crippen molar-refractivity contribution in [3.63, 3.8) is 0 Å². The standard InChI is InChI=1S/C15H20FNO2/c1-4-17-5-6-19-13(9-17)15(18)14-11(3)7-10(2)8-12(14)16/h7-8,13H,4-6,9H2,1-3H3. The Kier molecular flexibility index (Phi) is 4.32. The third kappa shape index (κ3) is 3.01. The third-order valence-electron chi connectivity index (χ3n) is 3.57. The SMILES string of the molecule is CCN1CCOC(C(=O)c2c(C)cc(C)cc2F)C1. The molecule has 0 radical (unpaired) electrons. The second kappa shape index (κ2) is 5.80. The second-order valence-corrected chi connectivity index (χ2v) is 5.06. The Morgan fingerprint density at radius 3 is 2.84 bits per heavy atom. The van der Waals surface area contributed by atoms with Crippen LogP contribution < -0.4 is 0 Å². The predicted octanol–water partition coefficient (Wildman–Crippen LogP) is 2.35. The number of ether oxygens (including phenoxy) is 1. The van der Waals surface area contributed by atoms with E-state index in [1.165, 1.54) is 6.07 Å². The normalized spacial score (nSPS) is 20.5. The molecule has 1 aromatic carbocycles.